The van der Waals surface area contributed by atoms with Crippen molar-refractivity contribution in [1.82, 2.24) is 4.90 Å². The number of morpholine rings is 1. The van der Waals surface area contributed by atoms with Crippen molar-refractivity contribution in [3.8, 4) is 0 Å². The summed E-state index contributed by atoms with van der Waals surface area (Å²) in [6.07, 6.45) is -1.00. The second kappa shape index (κ2) is 14.7. The van der Waals surface area contributed by atoms with Crippen molar-refractivity contribution < 1.29 is 51.3 Å². The van der Waals surface area contributed by atoms with E-state index in [-0.39, 0.29) is 35.8 Å². The number of nitrogens with zero attached hydrogens (tertiary/aromatic N) is 1. The molecule has 3 aromatic rings. The van der Waals surface area contributed by atoms with Crippen LogP contribution >= 0.6 is 23.2 Å². The van der Waals surface area contributed by atoms with Crippen LogP contribution in [0, 0.1) is 0 Å². The quantitative estimate of drug-likeness (QED) is 0.181. The molecule has 0 radical (unpaired) electrons. The fourth-order valence-corrected chi connectivity index (χ4v) is 6.38. The molecule has 1 fully saturated rings. The molecule has 0 bridgehead atoms. The van der Waals surface area contributed by atoms with Gasteiger partial charge in [-0.3, -0.25) is 4.90 Å². The number of hydrogen-bond donors (Lipinski definition) is 3. The van der Waals surface area contributed by atoms with E-state index in [0.29, 0.717) is 16.3 Å². The number of furan rings is 1. The number of nitrogens with two attached hydrogens (primary N) is 1. The maximum Gasteiger partial charge on any atom is 0.413 e. The summed E-state index contributed by atoms with van der Waals surface area (Å²) in [4.78, 5) is 40.2. The van der Waals surface area contributed by atoms with Crippen molar-refractivity contribution >= 4 is 56.9 Å². The Morgan fingerprint density at radius 2 is 1.88 bits per heavy atom. The second-order valence-electron chi connectivity index (χ2n) is 11.5. The second-order valence-corrected chi connectivity index (χ2v) is 13.8. The molecule has 2 heterocycles. The Bertz CT molecular complexity index is 1770. The Kier molecular flexibility index (Phi) is 11.3. The normalized spacial score (nSPS) is 19.7. The lowest BCUT2D eigenvalue weighted by atomic mass is 9.90. The number of nitrogens with one attached hydrogen (secondary N) is 1. The smallest absolute Gasteiger partial charge is 0.413 e. The molecule has 1 amide bonds. The molecule has 1 unspecified atom stereocenters. The summed E-state index contributed by atoms with van der Waals surface area (Å²) < 4.78 is 51.0. The first-order valence-corrected chi connectivity index (χ1v) is 16.9. The molecule has 4 N–H and O–H groups in total. The first kappa shape index (κ1) is 37.0. The minimum absolute atomic E-state index is 0.0521. The molecular weight excluding hydrogens is 693 g/mol. The zero-order valence-corrected chi connectivity index (χ0v) is 28.7. The zero-order valence-electron chi connectivity index (χ0n) is 26.4. The largest absolute Gasteiger partial charge is 0.467 e. The fourth-order valence-electron chi connectivity index (χ4n) is 5.09. The molecule has 0 spiro atoms. The highest BCUT2D eigenvalue weighted by Crippen LogP contribution is 2.40. The van der Waals surface area contributed by atoms with Crippen molar-refractivity contribution in [1.29, 1.82) is 0 Å². The molecule has 0 aliphatic carbocycles. The summed E-state index contributed by atoms with van der Waals surface area (Å²) in [6.45, 7) is 5.68. The Hall–Kier alpha value is -3.86. The number of hydrogen-bond acceptors (Lipinski definition) is 12. The number of primary sulfonamides is 1. The van der Waals surface area contributed by atoms with Crippen LogP contribution < -0.4 is 10.5 Å². The summed E-state index contributed by atoms with van der Waals surface area (Å²) in [5.41, 5.74) is -0.829. The molecule has 3 atom stereocenters. The zero-order chi connectivity index (χ0) is 35.4. The monoisotopic (exact) mass is 727 g/mol. The van der Waals surface area contributed by atoms with Crippen LogP contribution in [0.3, 0.4) is 0 Å². The van der Waals surface area contributed by atoms with Crippen LogP contribution in [0.15, 0.2) is 64.1 Å². The summed E-state index contributed by atoms with van der Waals surface area (Å²) in [5.74, 6) is -3.57. The molecule has 1 aliphatic rings. The Balaban J connectivity index is 1.44. The van der Waals surface area contributed by atoms with Crippen LogP contribution in [0.2, 0.25) is 10.0 Å². The molecular formula is C31H35Cl2N3O11S. The van der Waals surface area contributed by atoms with Gasteiger partial charge in [-0.1, -0.05) is 42.3 Å². The van der Waals surface area contributed by atoms with E-state index in [1.54, 1.807) is 51.1 Å². The van der Waals surface area contributed by atoms with Gasteiger partial charge in [0.2, 0.25) is 22.6 Å². The molecule has 260 valence electrons. The lowest BCUT2D eigenvalue weighted by Gasteiger charge is -2.52. The molecule has 0 saturated carbocycles. The maximum absolute atomic E-state index is 13.3. The lowest BCUT2D eigenvalue weighted by Crippen LogP contribution is -2.66. The van der Waals surface area contributed by atoms with Gasteiger partial charge < -0.3 is 33.8 Å². The number of carbonyl (C=O) groups excluding carboxylic acids is 3. The van der Waals surface area contributed by atoms with Gasteiger partial charge in [0, 0.05) is 10.6 Å². The standard InChI is InChI=1S/C31H35Cl2N3O11S/c1-5-25(47-27(37)22-13-26(48(34,41)42)23(33)14-24(22)35-15-21-10-7-11-43-21)28(38)44-17-45-29(39)36-18(2)31(40,46-16-30(36,3)4)19-8-6-9-20(32)12-19/h6-14,18,25,35,40H,5,15-17H2,1-4H3,(H2,34,41,42)/t18-,25?,31+/m0/s1. The number of halogens is 2. The van der Waals surface area contributed by atoms with Crippen LogP contribution in [0.1, 0.15) is 55.8 Å². The number of ether oxygens (including phenoxy) is 4. The number of anilines is 1. The average Bonchev–Trinajstić information content (AvgIpc) is 3.54. The topological polar surface area (TPSA) is 197 Å². The summed E-state index contributed by atoms with van der Waals surface area (Å²) >= 11 is 12.2. The van der Waals surface area contributed by atoms with Gasteiger partial charge in [0.1, 0.15) is 10.7 Å². The first-order chi connectivity index (χ1) is 22.5. The minimum Gasteiger partial charge on any atom is -0.467 e. The Labute approximate surface area is 287 Å². The SMILES string of the molecule is CCC(OC(=O)c1cc(S(N)(=O)=O)c(Cl)cc1NCc1ccco1)C(=O)OCOC(=O)N1[C@@H](C)[C@](O)(c2cccc(Cl)c2)OCC1(C)C. The average molecular weight is 729 g/mol. The van der Waals surface area contributed by atoms with Crippen LogP contribution in [0.5, 0.6) is 0 Å². The molecule has 17 heteroatoms. The third-order valence-corrected chi connectivity index (χ3v) is 9.20. The van der Waals surface area contributed by atoms with Crippen LogP contribution in [-0.4, -0.2) is 67.5 Å². The van der Waals surface area contributed by atoms with Gasteiger partial charge in [-0.25, -0.2) is 27.9 Å². The predicted molar refractivity (Wildman–Crippen MR) is 172 cm³/mol. The van der Waals surface area contributed by atoms with Crippen molar-refractivity contribution in [3.63, 3.8) is 0 Å². The molecule has 1 aromatic heterocycles. The number of esters is 2. The summed E-state index contributed by atoms with van der Waals surface area (Å²) in [7, 11) is -4.34. The predicted octanol–water partition coefficient (Wildman–Crippen LogP) is 4.76. The number of carbonyl (C=O) groups is 3. The van der Waals surface area contributed by atoms with Crippen LogP contribution in [-0.2, 0) is 46.1 Å². The van der Waals surface area contributed by atoms with Gasteiger partial charge in [0.05, 0.1) is 47.3 Å². The van der Waals surface area contributed by atoms with E-state index in [1.165, 1.54) is 30.2 Å². The van der Waals surface area contributed by atoms with E-state index in [2.05, 4.69) is 5.32 Å². The third kappa shape index (κ3) is 8.22. The van der Waals surface area contributed by atoms with Gasteiger partial charge in [-0.05, 0) is 63.6 Å². The third-order valence-electron chi connectivity index (χ3n) is 7.58. The Morgan fingerprint density at radius 3 is 2.50 bits per heavy atom. The lowest BCUT2D eigenvalue weighted by molar-refractivity contribution is -0.295. The highest BCUT2D eigenvalue weighted by molar-refractivity contribution is 7.89. The van der Waals surface area contributed by atoms with E-state index in [0.717, 1.165) is 6.07 Å². The van der Waals surface area contributed by atoms with Crippen LogP contribution in [0.25, 0.3) is 0 Å². The molecule has 2 aromatic carbocycles. The summed E-state index contributed by atoms with van der Waals surface area (Å²) in [6, 6.07) is 10.9. The van der Waals surface area contributed by atoms with E-state index in [4.69, 9.17) is 51.7 Å². The number of aliphatic hydroxyl groups is 1. The molecule has 1 aliphatic heterocycles. The van der Waals surface area contributed by atoms with Crippen molar-refractivity contribution in [2.24, 2.45) is 5.14 Å². The molecule has 4 rings (SSSR count). The first-order valence-electron chi connectivity index (χ1n) is 14.6. The minimum atomic E-state index is -4.34. The van der Waals surface area contributed by atoms with E-state index in [9.17, 15) is 27.9 Å². The van der Waals surface area contributed by atoms with Crippen molar-refractivity contribution in [2.45, 2.75) is 69.0 Å². The Morgan fingerprint density at radius 1 is 1.15 bits per heavy atom. The highest BCUT2D eigenvalue weighted by atomic mass is 35.5. The molecule has 1 saturated heterocycles. The van der Waals surface area contributed by atoms with Gasteiger partial charge >= 0.3 is 18.0 Å². The molecule has 14 nitrogen and oxygen atoms in total. The van der Waals surface area contributed by atoms with E-state index < -0.39 is 63.2 Å². The number of rotatable bonds is 11. The van der Waals surface area contributed by atoms with Crippen molar-refractivity contribution in [2.75, 3.05) is 18.7 Å². The number of amides is 1. The van der Waals surface area contributed by atoms with Gasteiger partial charge in [0.15, 0.2) is 6.10 Å². The van der Waals surface area contributed by atoms with Gasteiger partial charge in [-0.15, -0.1) is 0 Å². The highest BCUT2D eigenvalue weighted by Gasteiger charge is 2.53. The number of benzene rings is 2. The van der Waals surface area contributed by atoms with Gasteiger partial charge in [0.25, 0.3) is 0 Å². The summed E-state index contributed by atoms with van der Waals surface area (Å²) in [5, 5.41) is 19.7. The maximum atomic E-state index is 13.3. The van der Waals surface area contributed by atoms with E-state index in [1.807, 2.05) is 0 Å². The van der Waals surface area contributed by atoms with E-state index >= 15 is 0 Å². The fraction of sp³-hybridized carbons (Fsp3) is 0.387. The van der Waals surface area contributed by atoms with Crippen LogP contribution in [0.4, 0.5) is 10.5 Å². The van der Waals surface area contributed by atoms with Gasteiger partial charge in [-0.2, -0.15) is 0 Å². The van der Waals surface area contributed by atoms with Crippen molar-refractivity contribution in [3.05, 3.63) is 81.7 Å². The molecule has 48 heavy (non-hydrogen) atoms. The number of sulfonamides is 1.